The number of carbonyl (C=O) groups is 2. The van der Waals surface area contributed by atoms with Gasteiger partial charge in [0.1, 0.15) is 0 Å². The van der Waals surface area contributed by atoms with Crippen molar-refractivity contribution in [3.05, 3.63) is 11.6 Å². The summed E-state index contributed by atoms with van der Waals surface area (Å²) in [6, 6.07) is 0. The minimum atomic E-state index is -0.771. The Morgan fingerprint density at radius 3 is 1.76 bits per heavy atom. The molecule has 0 unspecified atom stereocenters. The molecule has 0 fully saturated rings. The van der Waals surface area contributed by atoms with Crippen molar-refractivity contribution in [1.82, 2.24) is 15.0 Å². The molecule has 1 aromatic rings. The Bertz CT molecular complexity index is 399. The van der Waals surface area contributed by atoms with Crippen molar-refractivity contribution in [2.75, 3.05) is 18.9 Å². The van der Waals surface area contributed by atoms with Gasteiger partial charge >= 0.3 is 11.9 Å². The first-order valence-electron chi connectivity index (χ1n) is 4.94. The molecule has 0 aliphatic rings. The molecule has 92 valence electrons. The van der Waals surface area contributed by atoms with E-state index in [4.69, 9.17) is 5.73 Å². The lowest BCUT2D eigenvalue weighted by atomic mass is 10.5. The second kappa shape index (κ2) is 5.73. The van der Waals surface area contributed by atoms with Crippen LogP contribution in [0.5, 0.6) is 0 Å². The summed E-state index contributed by atoms with van der Waals surface area (Å²) in [4.78, 5) is 33.4. The zero-order valence-electron chi connectivity index (χ0n) is 9.47. The highest BCUT2D eigenvalue weighted by atomic mass is 16.5. The Labute approximate surface area is 97.2 Å². The molecule has 1 rings (SSSR count). The van der Waals surface area contributed by atoms with Crippen molar-refractivity contribution in [2.45, 2.75) is 13.8 Å². The van der Waals surface area contributed by atoms with Gasteiger partial charge < -0.3 is 15.2 Å². The normalized spacial score (nSPS) is 9.76. The van der Waals surface area contributed by atoms with Crippen LogP contribution >= 0.6 is 0 Å². The SMILES string of the molecule is CCOC(=O)c1nc(N)nc(C(=O)OCC)n1. The fourth-order valence-corrected chi connectivity index (χ4v) is 0.966. The van der Waals surface area contributed by atoms with Gasteiger partial charge in [-0.1, -0.05) is 0 Å². The van der Waals surface area contributed by atoms with Crippen LogP contribution in [0, 0.1) is 0 Å². The van der Waals surface area contributed by atoms with Gasteiger partial charge in [-0.2, -0.15) is 15.0 Å². The number of hydrogen-bond acceptors (Lipinski definition) is 8. The molecule has 8 nitrogen and oxygen atoms in total. The number of rotatable bonds is 4. The number of anilines is 1. The Hall–Kier alpha value is -2.25. The maximum atomic E-state index is 11.3. The molecular weight excluding hydrogens is 228 g/mol. The van der Waals surface area contributed by atoms with Gasteiger partial charge in [0.15, 0.2) is 0 Å². The van der Waals surface area contributed by atoms with Gasteiger partial charge in [-0.3, -0.25) is 0 Å². The van der Waals surface area contributed by atoms with Crippen molar-refractivity contribution >= 4 is 17.9 Å². The third-order valence-electron chi connectivity index (χ3n) is 1.57. The number of hydrogen-bond donors (Lipinski definition) is 1. The molecule has 0 radical (unpaired) electrons. The Morgan fingerprint density at radius 1 is 1.00 bits per heavy atom. The number of nitrogens with zero attached hydrogens (tertiary/aromatic N) is 3. The van der Waals surface area contributed by atoms with E-state index in [1.54, 1.807) is 13.8 Å². The van der Waals surface area contributed by atoms with Gasteiger partial charge in [0.25, 0.3) is 0 Å². The first-order chi connectivity index (χ1) is 8.08. The van der Waals surface area contributed by atoms with Gasteiger partial charge in [-0.15, -0.1) is 0 Å². The van der Waals surface area contributed by atoms with Crippen molar-refractivity contribution in [1.29, 1.82) is 0 Å². The van der Waals surface area contributed by atoms with Crippen LogP contribution in [0.15, 0.2) is 0 Å². The molecule has 1 heterocycles. The Morgan fingerprint density at radius 2 is 1.41 bits per heavy atom. The van der Waals surface area contributed by atoms with Gasteiger partial charge in [0, 0.05) is 0 Å². The van der Waals surface area contributed by atoms with Crippen LogP contribution in [0.1, 0.15) is 35.1 Å². The van der Waals surface area contributed by atoms with E-state index in [1.807, 2.05) is 0 Å². The monoisotopic (exact) mass is 240 g/mol. The van der Waals surface area contributed by atoms with Crippen LogP contribution in [0.3, 0.4) is 0 Å². The van der Waals surface area contributed by atoms with Crippen molar-refractivity contribution in [2.24, 2.45) is 0 Å². The molecule has 0 aromatic carbocycles. The standard InChI is InChI=1S/C9H12N4O4/c1-3-16-7(14)5-11-6(8(15)17-4-2)13-9(10)12-5/h3-4H2,1-2H3,(H2,10,11,12,13). The smallest absolute Gasteiger partial charge is 0.376 e. The summed E-state index contributed by atoms with van der Waals surface area (Å²) in [6.07, 6.45) is 0. The molecule has 2 N–H and O–H groups in total. The number of ether oxygens (including phenoxy) is 2. The first kappa shape index (κ1) is 12.8. The summed E-state index contributed by atoms with van der Waals surface area (Å²) in [5.74, 6) is -2.42. The van der Waals surface area contributed by atoms with E-state index in [0.29, 0.717) is 0 Å². The van der Waals surface area contributed by atoms with Crippen LogP contribution < -0.4 is 5.73 Å². The zero-order chi connectivity index (χ0) is 12.8. The predicted molar refractivity (Wildman–Crippen MR) is 56.2 cm³/mol. The van der Waals surface area contributed by atoms with Crippen LogP contribution in [-0.2, 0) is 9.47 Å². The summed E-state index contributed by atoms with van der Waals surface area (Å²) in [5, 5.41) is 0. The molecule has 0 amide bonds. The highest BCUT2D eigenvalue weighted by Gasteiger charge is 2.18. The van der Waals surface area contributed by atoms with Crippen molar-refractivity contribution in [3.8, 4) is 0 Å². The highest BCUT2D eigenvalue weighted by Crippen LogP contribution is 2.01. The lowest BCUT2D eigenvalue weighted by molar-refractivity contribution is 0.0500. The minimum absolute atomic E-state index is 0.166. The van der Waals surface area contributed by atoms with Gasteiger partial charge in [0.05, 0.1) is 13.2 Å². The summed E-state index contributed by atoms with van der Waals surface area (Å²) < 4.78 is 9.36. The minimum Gasteiger partial charge on any atom is -0.460 e. The van der Waals surface area contributed by atoms with E-state index < -0.39 is 11.9 Å². The number of carbonyl (C=O) groups excluding carboxylic acids is 2. The molecule has 0 aliphatic heterocycles. The lowest BCUT2D eigenvalue weighted by Gasteiger charge is -2.03. The molecule has 8 heteroatoms. The maximum Gasteiger partial charge on any atom is 0.376 e. The summed E-state index contributed by atoms with van der Waals surface area (Å²) in [5.41, 5.74) is 5.35. The average Bonchev–Trinajstić information content (AvgIpc) is 2.29. The van der Waals surface area contributed by atoms with E-state index in [-0.39, 0.29) is 30.8 Å². The van der Waals surface area contributed by atoms with E-state index in [0.717, 1.165) is 0 Å². The molecule has 17 heavy (non-hydrogen) atoms. The van der Waals surface area contributed by atoms with E-state index in [1.165, 1.54) is 0 Å². The summed E-state index contributed by atoms with van der Waals surface area (Å²) in [7, 11) is 0. The van der Waals surface area contributed by atoms with Crippen molar-refractivity contribution < 1.29 is 19.1 Å². The number of aromatic nitrogens is 3. The fraction of sp³-hybridized carbons (Fsp3) is 0.444. The van der Waals surface area contributed by atoms with Crippen LogP contribution in [0.4, 0.5) is 5.95 Å². The maximum absolute atomic E-state index is 11.3. The van der Waals surface area contributed by atoms with E-state index in [2.05, 4.69) is 24.4 Å². The van der Waals surface area contributed by atoms with Crippen molar-refractivity contribution in [3.63, 3.8) is 0 Å². The van der Waals surface area contributed by atoms with Gasteiger partial charge in [-0.05, 0) is 13.8 Å². The Kier molecular flexibility index (Phi) is 4.32. The molecule has 0 saturated heterocycles. The number of nitrogens with two attached hydrogens (primary N) is 1. The summed E-state index contributed by atoms with van der Waals surface area (Å²) >= 11 is 0. The molecular formula is C9H12N4O4. The van der Waals surface area contributed by atoms with Gasteiger partial charge in [-0.25, -0.2) is 9.59 Å². The number of nitrogen functional groups attached to an aromatic ring is 1. The van der Waals surface area contributed by atoms with E-state index >= 15 is 0 Å². The Balaban J connectivity index is 3.01. The predicted octanol–water partition coefficient (Wildman–Crippen LogP) is -0.193. The second-order valence-corrected chi connectivity index (χ2v) is 2.78. The van der Waals surface area contributed by atoms with E-state index in [9.17, 15) is 9.59 Å². The number of esters is 2. The topological polar surface area (TPSA) is 117 Å². The zero-order valence-corrected chi connectivity index (χ0v) is 9.47. The highest BCUT2D eigenvalue weighted by molar-refractivity contribution is 5.89. The molecule has 0 bridgehead atoms. The quantitative estimate of drug-likeness (QED) is 0.719. The van der Waals surface area contributed by atoms with Crippen LogP contribution in [0.2, 0.25) is 0 Å². The molecule has 1 aromatic heterocycles. The molecule has 0 spiro atoms. The third kappa shape index (κ3) is 3.37. The first-order valence-corrected chi connectivity index (χ1v) is 4.94. The summed E-state index contributed by atoms with van der Waals surface area (Å²) in [6.45, 7) is 3.60. The lowest BCUT2D eigenvalue weighted by Crippen LogP contribution is -2.18. The molecule has 0 saturated carbocycles. The van der Waals surface area contributed by atoms with Gasteiger partial charge in [0.2, 0.25) is 17.6 Å². The van der Waals surface area contributed by atoms with Crippen LogP contribution in [-0.4, -0.2) is 40.1 Å². The molecule has 0 aliphatic carbocycles. The average molecular weight is 240 g/mol. The largest absolute Gasteiger partial charge is 0.460 e. The fourth-order valence-electron chi connectivity index (χ4n) is 0.966. The second-order valence-electron chi connectivity index (χ2n) is 2.78. The molecule has 0 atom stereocenters. The van der Waals surface area contributed by atoms with Crippen LogP contribution in [0.25, 0.3) is 0 Å². The third-order valence-corrected chi connectivity index (χ3v) is 1.57.